The third-order valence-corrected chi connectivity index (χ3v) is 4.21. The normalized spacial score (nSPS) is 19.0. The van der Waals surface area contributed by atoms with Gasteiger partial charge in [-0.15, -0.1) is 0 Å². The van der Waals surface area contributed by atoms with Gasteiger partial charge in [0, 0.05) is 18.3 Å². The number of piperidine rings is 1. The molecule has 1 aliphatic rings. The summed E-state index contributed by atoms with van der Waals surface area (Å²) in [5.41, 5.74) is 2.73. The second-order valence-corrected chi connectivity index (χ2v) is 5.59. The van der Waals surface area contributed by atoms with Crippen LogP contribution in [0.25, 0.3) is 0 Å². The van der Waals surface area contributed by atoms with Crippen molar-refractivity contribution in [2.75, 3.05) is 6.54 Å². The number of aryl methyl sites for hydroxylation is 2. The second kappa shape index (κ2) is 5.71. The van der Waals surface area contributed by atoms with E-state index in [-0.39, 0.29) is 11.9 Å². The molecule has 112 valence electrons. The molecule has 6 heteroatoms. The first-order valence-corrected chi connectivity index (χ1v) is 7.37. The lowest BCUT2D eigenvalue weighted by atomic mass is 9.98. The molecule has 0 saturated carbocycles. The molecule has 0 bridgehead atoms. The van der Waals surface area contributed by atoms with E-state index < -0.39 is 0 Å². The average molecular weight is 288 g/mol. The summed E-state index contributed by atoms with van der Waals surface area (Å²) in [4.78, 5) is 14.7. The molecule has 1 saturated heterocycles. The van der Waals surface area contributed by atoms with Gasteiger partial charge >= 0.3 is 0 Å². The minimum absolute atomic E-state index is 0.106. The van der Waals surface area contributed by atoms with Crippen molar-refractivity contribution < 1.29 is 9.32 Å². The number of aromatic amines is 1. The molecule has 0 aromatic carbocycles. The maximum atomic E-state index is 12.7. The van der Waals surface area contributed by atoms with E-state index in [1.54, 1.807) is 6.20 Å². The first-order valence-electron chi connectivity index (χ1n) is 7.37. The summed E-state index contributed by atoms with van der Waals surface area (Å²) in [5.74, 6) is 0.861. The number of nitrogens with one attached hydrogen (secondary N) is 1. The number of H-pyrrole nitrogens is 1. The number of nitrogens with zero attached hydrogens (tertiary/aromatic N) is 3. The first kappa shape index (κ1) is 13.9. The van der Waals surface area contributed by atoms with Crippen LogP contribution in [0.4, 0.5) is 0 Å². The standard InChI is InChI=1S/C15H20N4O2/c1-10-12(11(2)21-18-10)9-15(20)19-8-4-3-5-14(19)13-6-7-16-17-13/h6-7,14H,3-5,8-9H2,1-2H3,(H,16,17)/t14-/m0/s1. The molecule has 6 nitrogen and oxygen atoms in total. The van der Waals surface area contributed by atoms with E-state index in [2.05, 4.69) is 15.4 Å². The number of carbonyl (C=O) groups is 1. The fourth-order valence-corrected chi connectivity index (χ4v) is 3.01. The van der Waals surface area contributed by atoms with Gasteiger partial charge < -0.3 is 9.42 Å². The highest BCUT2D eigenvalue weighted by atomic mass is 16.5. The summed E-state index contributed by atoms with van der Waals surface area (Å²) in [7, 11) is 0. The van der Waals surface area contributed by atoms with Gasteiger partial charge in [-0.3, -0.25) is 9.89 Å². The van der Waals surface area contributed by atoms with Crippen LogP contribution >= 0.6 is 0 Å². The summed E-state index contributed by atoms with van der Waals surface area (Å²) in [6, 6.07) is 2.06. The number of likely N-dealkylation sites (tertiary alicyclic amines) is 1. The van der Waals surface area contributed by atoms with E-state index in [1.807, 2.05) is 24.8 Å². The SMILES string of the molecule is Cc1noc(C)c1CC(=O)N1CCCC[C@H]1c1ccn[nH]1. The third-order valence-electron chi connectivity index (χ3n) is 4.21. The van der Waals surface area contributed by atoms with Crippen LogP contribution in [-0.2, 0) is 11.2 Å². The number of amides is 1. The van der Waals surface area contributed by atoms with Crippen molar-refractivity contribution in [3.05, 3.63) is 35.0 Å². The van der Waals surface area contributed by atoms with Crippen LogP contribution in [0, 0.1) is 13.8 Å². The van der Waals surface area contributed by atoms with Crippen molar-refractivity contribution in [2.24, 2.45) is 0 Å². The highest BCUT2D eigenvalue weighted by Gasteiger charge is 2.29. The minimum atomic E-state index is 0.106. The van der Waals surface area contributed by atoms with E-state index in [0.29, 0.717) is 6.42 Å². The fraction of sp³-hybridized carbons (Fsp3) is 0.533. The number of hydrogen-bond donors (Lipinski definition) is 1. The Morgan fingerprint density at radius 3 is 3.00 bits per heavy atom. The Balaban J connectivity index is 1.79. The molecule has 0 aliphatic carbocycles. The van der Waals surface area contributed by atoms with Gasteiger partial charge in [0.15, 0.2) is 0 Å². The molecule has 3 rings (SSSR count). The predicted octanol–water partition coefficient (Wildman–Crippen LogP) is 2.31. The Kier molecular flexibility index (Phi) is 3.77. The van der Waals surface area contributed by atoms with Gasteiger partial charge in [-0.1, -0.05) is 5.16 Å². The Labute approximate surface area is 123 Å². The molecular formula is C15H20N4O2. The van der Waals surface area contributed by atoms with E-state index in [4.69, 9.17) is 4.52 Å². The molecule has 2 aromatic rings. The summed E-state index contributed by atoms with van der Waals surface area (Å²) >= 11 is 0. The number of aromatic nitrogens is 3. The molecule has 3 heterocycles. The minimum Gasteiger partial charge on any atom is -0.361 e. The van der Waals surface area contributed by atoms with Crippen LogP contribution < -0.4 is 0 Å². The van der Waals surface area contributed by atoms with Gasteiger partial charge in [-0.05, 0) is 39.2 Å². The largest absolute Gasteiger partial charge is 0.361 e. The highest BCUT2D eigenvalue weighted by molar-refractivity contribution is 5.79. The molecule has 1 amide bonds. The summed E-state index contributed by atoms with van der Waals surface area (Å²) in [5, 5.41) is 10.9. The van der Waals surface area contributed by atoms with Crippen LogP contribution in [0.5, 0.6) is 0 Å². The zero-order valence-corrected chi connectivity index (χ0v) is 12.4. The van der Waals surface area contributed by atoms with E-state index in [1.165, 1.54) is 0 Å². The van der Waals surface area contributed by atoms with Crippen molar-refractivity contribution in [3.8, 4) is 0 Å². The summed E-state index contributed by atoms with van der Waals surface area (Å²) in [6.07, 6.45) is 5.26. The number of carbonyl (C=O) groups excluding carboxylic acids is 1. The molecular weight excluding hydrogens is 268 g/mol. The quantitative estimate of drug-likeness (QED) is 0.940. The summed E-state index contributed by atoms with van der Waals surface area (Å²) < 4.78 is 5.15. The van der Waals surface area contributed by atoms with Crippen LogP contribution in [0.2, 0.25) is 0 Å². The Hall–Kier alpha value is -2.11. The lowest BCUT2D eigenvalue weighted by Crippen LogP contribution is -2.39. The predicted molar refractivity (Wildman–Crippen MR) is 76.6 cm³/mol. The molecule has 0 spiro atoms. The van der Waals surface area contributed by atoms with Gasteiger partial charge in [0.2, 0.25) is 5.91 Å². The van der Waals surface area contributed by atoms with Crippen molar-refractivity contribution in [3.63, 3.8) is 0 Å². The maximum absolute atomic E-state index is 12.7. The van der Waals surface area contributed by atoms with Gasteiger partial charge in [0.25, 0.3) is 0 Å². The van der Waals surface area contributed by atoms with E-state index in [9.17, 15) is 4.79 Å². The van der Waals surface area contributed by atoms with E-state index in [0.717, 1.165) is 48.5 Å². The molecule has 0 radical (unpaired) electrons. The highest BCUT2D eigenvalue weighted by Crippen LogP contribution is 2.30. The van der Waals surface area contributed by atoms with Gasteiger partial charge in [-0.25, -0.2) is 0 Å². The van der Waals surface area contributed by atoms with Crippen LogP contribution in [-0.4, -0.2) is 32.7 Å². The smallest absolute Gasteiger partial charge is 0.227 e. The lowest BCUT2D eigenvalue weighted by molar-refractivity contribution is -0.134. The van der Waals surface area contributed by atoms with Gasteiger partial charge in [-0.2, -0.15) is 5.10 Å². The number of hydrogen-bond acceptors (Lipinski definition) is 4. The fourth-order valence-electron chi connectivity index (χ4n) is 3.01. The Morgan fingerprint density at radius 1 is 1.48 bits per heavy atom. The van der Waals surface area contributed by atoms with Crippen molar-refractivity contribution >= 4 is 5.91 Å². The van der Waals surface area contributed by atoms with Crippen molar-refractivity contribution in [1.29, 1.82) is 0 Å². The zero-order chi connectivity index (χ0) is 14.8. The topological polar surface area (TPSA) is 75.0 Å². The monoisotopic (exact) mass is 288 g/mol. The maximum Gasteiger partial charge on any atom is 0.227 e. The molecule has 1 fully saturated rings. The van der Waals surface area contributed by atoms with Gasteiger partial charge in [0.1, 0.15) is 5.76 Å². The molecule has 1 atom stereocenters. The van der Waals surface area contributed by atoms with Crippen molar-refractivity contribution in [1.82, 2.24) is 20.3 Å². The molecule has 21 heavy (non-hydrogen) atoms. The number of rotatable bonds is 3. The lowest BCUT2D eigenvalue weighted by Gasteiger charge is -2.35. The second-order valence-electron chi connectivity index (χ2n) is 5.59. The third kappa shape index (κ3) is 2.70. The Morgan fingerprint density at radius 2 is 2.33 bits per heavy atom. The molecule has 2 aromatic heterocycles. The average Bonchev–Trinajstić information content (AvgIpc) is 3.13. The van der Waals surface area contributed by atoms with Gasteiger partial charge in [0.05, 0.1) is 23.9 Å². The first-order chi connectivity index (χ1) is 10.2. The summed E-state index contributed by atoms with van der Waals surface area (Å²) in [6.45, 7) is 4.53. The van der Waals surface area contributed by atoms with Crippen LogP contribution in [0.15, 0.2) is 16.8 Å². The van der Waals surface area contributed by atoms with Crippen LogP contribution in [0.1, 0.15) is 48.0 Å². The molecule has 0 unspecified atom stereocenters. The zero-order valence-electron chi connectivity index (χ0n) is 12.4. The Bertz CT molecular complexity index is 598. The van der Waals surface area contributed by atoms with Crippen LogP contribution in [0.3, 0.4) is 0 Å². The van der Waals surface area contributed by atoms with Crippen molar-refractivity contribution in [2.45, 2.75) is 45.6 Å². The molecule has 1 N–H and O–H groups in total. The van der Waals surface area contributed by atoms with E-state index >= 15 is 0 Å². The molecule has 1 aliphatic heterocycles.